The van der Waals surface area contributed by atoms with Gasteiger partial charge in [-0.1, -0.05) is 0 Å². The summed E-state index contributed by atoms with van der Waals surface area (Å²) in [6, 6.07) is 10.2. The molecule has 0 saturated heterocycles. The van der Waals surface area contributed by atoms with Crippen molar-refractivity contribution in [3.8, 4) is 0 Å². The zero-order chi connectivity index (χ0) is 16.7. The second-order valence-corrected chi connectivity index (χ2v) is 5.98. The van der Waals surface area contributed by atoms with E-state index >= 15 is 0 Å². The second kappa shape index (κ2) is 9.04. The van der Waals surface area contributed by atoms with E-state index in [-0.39, 0.29) is 6.03 Å². The second-order valence-electron chi connectivity index (χ2n) is 3.98. The molecule has 0 saturated carbocycles. The van der Waals surface area contributed by atoms with E-state index in [0.717, 1.165) is 9.79 Å². The van der Waals surface area contributed by atoms with Crippen molar-refractivity contribution in [1.29, 1.82) is 0 Å². The Bertz CT molecular complexity index is 624. The molecule has 0 heterocycles. The van der Waals surface area contributed by atoms with Gasteiger partial charge < -0.3 is 15.4 Å². The van der Waals surface area contributed by atoms with Gasteiger partial charge >= 0.3 is 6.03 Å². The van der Waals surface area contributed by atoms with Crippen LogP contribution < -0.4 is 10.6 Å². The van der Waals surface area contributed by atoms with Crippen LogP contribution in [0.4, 0.5) is 16.2 Å². The number of benzene rings is 2. The molecule has 2 N–H and O–H groups in total. The molecular weight excluding hydrogens is 356 g/mol. The van der Waals surface area contributed by atoms with Crippen molar-refractivity contribution >= 4 is 74.7 Å². The minimum atomic E-state index is -0.366. The highest BCUT2D eigenvalue weighted by Gasteiger charge is 2.07. The van der Waals surface area contributed by atoms with Gasteiger partial charge in [0.15, 0.2) is 0 Å². The number of amides is 2. The van der Waals surface area contributed by atoms with Gasteiger partial charge in [0, 0.05) is 19.6 Å². The van der Waals surface area contributed by atoms with Crippen molar-refractivity contribution in [2.45, 2.75) is 19.6 Å². The van der Waals surface area contributed by atoms with E-state index in [1.165, 1.54) is 0 Å². The Morgan fingerprint density at radius 3 is 1.45 bits per heavy atom. The predicted octanol–water partition coefficient (Wildman–Crippen LogP) is 4.30. The van der Waals surface area contributed by atoms with Crippen LogP contribution in [0.3, 0.4) is 0 Å². The Kier molecular flexibility index (Phi) is 7.74. The number of anilines is 2. The number of thiol groups is 4. The van der Waals surface area contributed by atoms with Gasteiger partial charge in [-0.2, -0.15) is 0 Å². The molecule has 0 aliphatic heterocycles. The number of rotatable bonds is 2. The summed E-state index contributed by atoms with van der Waals surface area (Å²) in [6.45, 7) is 2.00. The Morgan fingerprint density at radius 2 is 1.14 bits per heavy atom. The van der Waals surface area contributed by atoms with Crippen LogP contribution in [0.15, 0.2) is 56.0 Å². The average molecular weight is 371 g/mol. The molecule has 22 heavy (non-hydrogen) atoms. The van der Waals surface area contributed by atoms with Crippen molar-refractivity contribution in [3.05, 3.63) is 36.4 Å². The van der Waals surface area contributed by atoms with E-state index in [0.29, 0.717) is 21.2 Å². The summed E-state index contributed by atoms with van der Waals surface area (Å²) in [6.07, 6.45) is 0. The van der Waals surface area contributed by atoms with E-state index in [1.54, 1.807) is 36.4 Å². The van der Waals surface area contributed by atoms with E-state index in [4.69, 9.17) is 4.79 Å². The Balaban J connectivity index is 0.00000116. The van der Waals surface area contributed by atoms with Gasteiger partial charge in [-0.3, -0.25) is 0 Å². The molecule has 0 spiro atoms. The third-order valence-electron chi connectivity index (χ3n) is 2.46. The lowest BCUT2D eigenvalue weighted by molar-refractivity contribution is -0.0979. The molecule has 2 rings (SSSR count). The summed E-state index contributed by atoms with van der Waals surface area (Å²) >= 11 is 17.0. The fourth-order valence-corrected chi connectivity index (χ4v) is 2.68. The third-order valence-corrected chi connectivity index (χ3v) is 3.76. The summed E-state index contributed by atoms with van der Waals surface area (Å²) < 4.78 is 0. The monoisotopic (exact) mass is 370 g/mol. The summed E-state index contributed by atoms with van der Waals surface area (Å²) in [5, 5.41) is 5.43. The maximum Gasteiger partial charge on any atom is 0.323 e. The first-order chi connectivity index (χ1) is 10.5. The Hall–Kier alpha value is -1.22. The molecule has 116 valence electrons. The van der Waals surface area contributed by atoms with Crippen LogP contribution >= 0.6 is 50.5 Å². The van der Waals surface area contributed by atoms with Gasteiger partial charge in [-0.25, -0.2) is 4.79 Å². The standard InChI is InChI=1S/C13H12N2OS4.CH2O/c16-13(14-9-3-1-7(17)5-11(9)19)15-10-4-2-8(18)6-12(10)20;1-2/h1-6,17-20H,(H2,14,15,16);1H2. The van der Waals surface area contributed by atoms with Crippen LogP contribution in [-0.4, -0.2) is 12.8 Å². The van der Waals surface area contributed by atoms with Gasteiger partial charge in [0.1, 0.15) is 6.79 Å². The van der Waals surface area contributed by atoms with Crippen LogP contribution in [0.25, 0.3) is 0 Å². The molecule has 2 amide bonds. The van der Waals surface area contributed by atoms with Gasteiger partial charge in [0.05, 0.1) is 11.4 Å². The van der Waals surface area contributed by atoms with E-state index in [2.05, 4.69) is 61.1 Å². The number of hydrogen-bond donors (Lipinski definition) is 6. The first-order valence-electron chi connectivity index (χ1n) is 5.86. The predicted molar refractivity (Wildman–Crippen MR) is 102 cm³/mol. The zero-order valence-corrected chi connectivity index (χ0v) is 14.9. The molecule has 0 radical (unpaired) electrons. The Labute approximate surface area is 150 Å². The summed E-state index contributed by atoms with van der Waals surface area (Å²) in [5.41, 5.74) is 1.21. The SMILES string of the molecule is C=O.O=C(Nc1ccc(S)cc1S)Nc1ccc(S)cc1S. The smallest absolute Gasteiger partial charge is 0.307 e. The summed E-state index contributed by atoms with van der Waals surface area (Å²) in [4.78, 5) is 22.8. The fourth-order valence-electron chi connectivity index (χ4n) is 1.53. The molecular formula is C14H14N2O2S4. The van der Waals surface area contributed by atoms with Crippen LogP contribution in [0.1, 0.15) is 0 Å². The first kappa shape index (κ1) is 18.8. The minimum Gasteiger partial charge on any atom is -0.307 e. The Morgan fingerprint density at radius 1 is 0.773 bits per heavy atom. The maximum absolute atomic E-state index is 11.9. The highest BCUT2D eigenvalue weighted by Crippen LogP contribution is 2.25. The van der Waals surface area contributed by atoms with Crippen LogP contribution in [0.2, 0.25) is 0 Å². The van der Waals surface area contributed by atoms with Gasteiger partial charge in [0.2, 0.25) is 0 Å². The number of hydrogen-bond acceptors (Lipinski definition) is 6. The van der Waals surface area contributed by atoms with E-state index < -0.39 is 0 Å². The number of carbonyl (C=O) groups is 2. The molecule has 2 aromatic carbocycles. The largest absolute Gasteiger partial charge is 0.323 e. The maximum atomic E-state index is 11.9. The first-order valence-corrected chi connectivity index (χ1v) is 7.65. The molecule has 8 heteroatoms. The van der Waals surface area contributed by atoms with Crippen LogP contribution in [0.5, 0.6) is 0 Å². The molecule has 0 bridgehead atoms. The average Bonchev–Trinajstić information content (AvgIpc) is 2.47. The summed E-state index contributed by atoms with van der Waals surface area (Å²) in [5.74, 6) is 0. The van der Waals surface area contributed by atoms with Crippen molar-refractivity contribution < 1.29 is 9.59 Å². The quantitative estimate of drug-likeness (QED) is 0.447. The molecule has 0 fully saturated rings. The van der Waals surface area contributed by atoms with Crippen molar-refractivity contribution in [1.82, 2.24) is 0 Å². The highest BCUT2D eigenvalue weighted by atomic mass is 32.1. The third kappa shape index (κ3) is 5.53. The molecule has 2 aromatic rings. The van der Waals surface area contributed by atoms with Gasteiger partial charge in [-0.05, 0) is 36.4 Å². The van der Waals surface area contributed by atoms with Crippen molar-refractivity contribution in [2.75, 3.05) is 10.6 Å². The van der Waals surface area contributed by atoms with E-state index in [9.17, 15) is 4.79 Å². The van der Waals surface area contributed by atoms with Crippen LogP contribution in [-0.2, 0) is 4.79 Å². The normalized spacial score (nSPS) is 9.45. The topological polar surface area (TPSA) is 58.2 Å². The highest BCUT2D eigenvalue weighted by molar-refractivity contribution is 7.81. The lowest BCUT2D eigenvalue weighted by Gasteiger charge is -2.11. The van der Waals surface area contributed by atoms with E-state index in [1.807, 2.05) is 6.79 Å². The number of carbonyl (C=O) groups excluding carboxylic acids is 2. The number of urea groups is 1. The van der Waals surface area contributed by atoms with Crippen LogP contribution in [0, 0.1) is 0 Å². The van der Waals surface area contributed by atoms with Gasteiger partial charge in [-0.15, -0.1) is 50.5 Å². The molecule has 0 atom stereocenters. The zero-order valence-electron chi connectivity index (χ0n) is 11.3. The summed E-state index contributed by atoms with van der Waals surface area (Å²) in [7, 11) is 0. The molecule has 0 aliphatic rings. The van der Waals surface area contributed by atoms with Gasteiger partial charge in [0.25, 0.3) is 0 Å². The molecule has 0 unspecified atom stereocenters. The number of nitrogens with one attached hydrogen (secondary N) is 2. The van der Waals surface area contributed by atoms with Crippen molar-refractivity contribution in [2.24, 2.45) is 0 Å². The van der Waals surface area contributed by atoms with Crippen molar-refractivity contribution in [3.63, 3.8) is 0 Å². The fraction of sp³-hybridized carbons (Fsp3) is 0. The lowest BCUT2D eigenvalue weighted by atomic mass is 10.3. The lowest BCUT2D eigenvalue weighted by Crippen LogP contribution is -2.20. The molecule has 4 nitrogen and oxygen atoms in total. The minimum absolute atomic E-state index is 0.366. The molecule has 0 aliphatic carbocycles. The molecule has 0 aromatic heterocycles.